The Morgan fingerprint density at radius 1 is 1.04 bits per heavy atom. The standard InChI is InChI=1S/C18H35N5O.HI/c1-18(2,3)21-11-10-20-17(19-4)23-15-7-5-6-13(12-15)16(24)22-14-8-9-14;/h13-15,21H,5-12H2,1-4H3,(H,22,24)(H2,19,20,23);1H. The van der Waals surface area contributed by atoms with Gasteiger partial charge in [-0.25, -0.2) is 0 Å². The van der Waals surface area contributed by atoms with Crippen molar-refractivity contribution in [2.24, 2.45) is 10.9 Å². The molecule has 146 valence electrons. The molecule has 0 aliphatic heterocycles. The largest absolute Gasteiger partial charge is 0.355 e. The maximum absolute atomic E-state index is 12.3. The van der Waals surface area contributed by atoms with Crippen molar-refractivity contribution in [1.29, 1.82) is 0 Å². The Morgan fingerprint density at radius 3 is 2.36 bits per heavy atom. The molecule has 7 heteroatoms. The molecule has 2 aliphatic rings. The van der Waals surface area contributed by atoms with Gasteiger partial charge in [-0.15, -0.1) is 24.0 Å². The van der Waals surface area contributed by atoms with Gasteiger partial charge in [0.2, 0.25) is 5.91 Å². The van der Waals surface area contributed by atoms with Gasteiger partial charge in [-0.3, -0.25) is 9.79 Å². The molecule has 0 aromatic heterocycles. The van der Waals surface area contributed by atoms with Crippen LogP contribution in [0.5, 0.6) is 0 Å². The summed E-state index contributed by atoms with van der Waals surface area (Å²) in [4.78, 5) is 16.6. The number of hydrogen-bond acceptors (Lipinski definition) is 3. The van der Waals surface area contributed by atoms with Crippen LogP contribution in [0, 0.1) is 5.92 Å². The molecule has 25 heavy (non-hydrogen) atoms. The fourth-order valence-corrected chi connectivity index (χ4v) is 3.11. The van der Waals surface area contributed by atoms with Gasteiger partial charge in [0.1, 0.15) is 0 Å². The second-order valence-electron chi connectivity index (χ2n) is 8.16. The van der Waals surface area contributed by atoms with Crippen molar-refractivity contribution in [3.8, 4) is 0 Å². The number of guanidine groups is 1. The smallest absolute Gasteiger partial charge is 0.223 e. The van der Waals surface area contributed by atoms with Gasteiger partial charge in [0.05, 0.1) is 0 Å². The van der Waals surface area contributed by atoms with E-state index in [4.69, 9.17) is 0 Å². The normalized spacial score (nSPS) is 24.2. The highest BCUT2D eigenvalue weighted by Crippen LogP contribution is 2.26. The van der Waals surface area contributed by atoms with Crippen LogP contribution in [-0.2, 0) is 4.79 Å². The van der Waals surface area contributed by atoms with E-state index < -0.39 is 0 Å². The van der Waals surface area contributed by atoms with Gasteiger partial charge < -0.3 is 21.3 Å². The second kappa shape index (κ2) is 10.5. The SMILES string of the molecule is CN=C(NCCNC(C)(C)C)NC1CCCC(C(=O)NC2CC2)C1.I. The van der Waals surface area contributed by atoms with Crippen LogP contribution in [0.4, 0.5) is 0 Å². The van der Waals surface area contributed by atoms with Crippen molar-refractivity contribution in [1.82, 2.24) is 21.3 Å². The zero-order valence-corrected chi connectivity index (χ0v) is 18.5. The molecule has 2 atom stereocenters. The molecule has 6 nitrogen and oxygen atoms in total. The Morgan fingerprint density at radius 2 is 1.76 bits per heavy atom. The number of hydrogen-bond donors (Lipinski definition) is 4. The number of amides is 1. The van der Waals surface area contributed by atoms with Crippen LogP contribution in [0.2, 0.25) is 0 Å². The first-order valence-electron chi connectivity index (χ1n) is 9.40. The van der Waals surface area contributed by atoms with Crippen molar-refractivity contribution in [3.63, 3.8) is 0 Å². The number of carbonyl (C=O) groups excluding carboxylic acids is 1. The summed E-state index contributed by atoms with van der Waals surface area (Å²) in [5, 5.41) is 13.4. The third-order valence-electron chi connectivity index (χ3n) is 4.61. The lowest BCUT2D eigenvalue weighted by Crippen LogP contribution is -2.49. The molecule has 2 unspecified atom stereocenters. The fourth-order valence-electron chi connectivity index (χ4n) is 3.11. The Hall–Kier alpha value is -0.570. The molecule has 0 radical (unpaired) electrons. The first-order chi connectivity index (χ1) is 11.4. The summed E-state index contributed by atoms with van der Waals surface area (Å²) in [6.45, 7) is 8.20. The van der Waals surface area contributed by atoms with Gasteiger partial charge in [-0.05, 0) is 52.9 Å². The van der Waals surface area contributed by atoms with E-state index in [1.54, 1.807) is 7.05 Å². The highest BCUT2D eigenvalue weighted by molar-refractivity contribution is 14.0. The maximum atomic E-state index is 12.3. The predicted molar refractivity (Wildman–Crippen MR) is 115 cm³/mol. The zero-order valence-electron chi connectivity index (χ0n) is 16.2. The Kier molecular flexibility index (Phi) is 9.48. The Balaban J connectivity index is 0.00000312. The van der Waals surface area contributed by atoms with Gasteiger partial charge in [0.15, 0.2) is 5.96 Å². The summed E-state index contributed by atoms with van der Waals surface area (Å²) in [5.41, 5.74) is 0.129. The summed E-state index contributed by atoms with van der Waals surface area (Å²) in [7, 11) is 1.80. The highest BCUT2D eigenvalue weighted by atomic mass is 127. The van der Waals surface area contributed by atoms with E-state index in [9.17, 15) is 4.79 Å². The lowest BCUT2D eigenvalue weighted by Gasteiger charge is -2.30. The van der Waals surface area contributed by atoms with E-state index >= 15 is 0 Å². The lowest BCUT2D eigenvalue weighted by atomic mass is 9.85. The molecular formula is C18H36IN5O. The minimum atomic E-state index is 0. The predicted octanol–water partition coefficient (Wildman–Crippen LogP) is 1.99. The average molecular weight is 465 g/mol. The number of nitrogens with one attached hydrogen (secondary N) is 4. The van der Waals surface area contributed by atoms with E-state index in [0.717, 1.165) is 57.6 Å². The molecule has 0 saturated heterocycles. The van der Waals surface area contributed by atoms with E-state index in [2.05, 4.69) is 47.0 Å². The van der Waals surface area contributed by atoms with Crippen LogP contribution < -0.4 is 21.3 Å². The minimum Gasteiger partial charge on any atom is -0.355 e. The molecule has 0 aromatic carbocycles. The van der Waals surface area contributed by atoms with Crippen LogP contribution in [0.25, 0.3) is 0 Å². The molecule has 4 N–H and O–H groups in total. The molecule has 0 aromatic rings. The van der Waals surface area contributed by atoms with Crippen LogP contribution in [0.15, 0.2) is 4.99 Å². The second-order valence-corrected chi connectivity index (χ2v) is 8.16. The maximum Gasteiger partial charge on any atom is 0.223 e. The first kappa shape index (κ1) is 22.5. The highest BCUT2D eigenvalue weighted by Gasteiger charge is 2.31. The topological polar surface area (TPSA) is 77.6 Å². The summed E-state index contributed by atoms with van der Waals surface area (Å²) < 4.78 is 0. The summed E-state index contributed by atoms with van der Waals surface area (Å²) in [6.07, 6.45) is 6.42. The average Bonchev–Trinajstić information content (AvgIpc) is 3.33. The van der Waals surface area contributed by atoms with Gasteiger partial charge >= 0.3 is 0 Å². The van der Waals surface area contributed by atoms with Gasteiger partial charge in [0, 0.05) is 43.7 Å². The monoisotopic (exact) mass is 465 g/mol. The number of carbonyl (C=O) groups is 1. The van der Waals surface area contributed by atoms with Crippen molar-refractivity contribution < 1.29 is 4.79 Å². The molecule has 0 bridgehead atoms. The van der Waals surface area contributed by atoms with Gasteiger partial charge in [-0.2, -0.15) is 0 Å². The molecule has 2 saturated carbocycles. The molecular weight excluding hydrogens is 429 g/mol. The summed E-state index contributed by atoms with van der Waals surface area (Å²) in [5.74, 6) is 1.23. The molecule has 2 rings (SSSR count). The van der Waals surface area contributed by atoms with Crippen molar-refractivity contribution in [2.45, 2.75) is 76.9 Å². The Bertz CT molecular complexity index is 445. The van der Waals surface area contributed by atoms with E-state index in [1.165, 1.54) is 0 Å². The van der Waals surface area contributed by atoms with Crippen LogP contribution in [-0.4, -0.2) is 49.6 Å². The number of aliphatic imine (C=N–C) groups is 1. The number of halogens is 1. The molecule has 2 aliphatic carbocycles. The summed E-state index contributed by atoms with van der Waals surface area (Å²) >= 11 is 0. The fraction of sp³-hybridized carbons (Fsp3) is 0.889. The van der Waals surface area contributed by atoms with Crippen molar-refractivity contribution in [2.75, 3.05) is 20.1 Å². The molecule has 0 heterocycles. The van der Waals surface area contributed by atoms with Crippen molar-refractivity contribution in [3.05, 3.63) is 0 Å². The lowest BCUT2D eigenvalue weighted by molar-refractivity contribution is -0.126. The zero-order chi connectivity index (χ0) is 17.6. The number of nitrogens with zero attached hydrogens (tertiary/aromatic N) is 1. The number of rotatable bonds is 6. The van der Waals surface area contributed by atoms with Gasteiger partial charge in [0.25, 0.3) is 0 Å². The van der Waals surface area contributed by atoms with Crippen LogP contribution in [0.3, 0.4) is 0 Å². The van der Waals surface area contributed by atoms with Gasteiger partial charge in [-0.1, -0.05) is 6.42 Å². The van der Waals surface area contributed by atoms with E-state index in [-0.39, 0.29) is 41.3 Å². The van der Waals surface area contributed by atoms with E-state index in [0.29, 0.717) is 12.1 Å². The molecule has 2 fully saturated rings. The van der Waals surface area contributed by atoms with Crippen LogP contribution >= 0.6 is 24.0 Å². The summed E-state index contributed by atoms with van der Waals surface area (Å²) in [6, 6.07) is 0.783. The Labute approximate surface area is 169 Å². The minimum absolute atomic E-state index is 0. The molecule has 1 amide bonds. The van der Waals surface area contributed by atoms with E-state index in [1.807, 2.05) is 0 Å². The third-order valence-corrected chi connectivity index (χ3v) is 4.61. The quantitative estimate of drug-likeness (QED) is 0.210. The van der Waals surface area contributed by atoms with Crippen LogP contribution in [0.1, 0.15) is 59.3 Å². The van der Waals surface area contributed by atoms with Crippen molar-refractivity contribution >= 4 is 35.8 Å². The third kappa shape index (κ3) is 9.08. The first-order valence-corrected chi connectivity index (χ1v) is 9.40. The molecule has 0 spiro atoms.